The summed E-state index contributed by atoms with van der Waals surface area (Å²) >= 11 is 0. The van der Waals surface area contributed by atoms with Crippen LogP contribution in [0.5, 0.6) is 0 Å². The largest absolute Gasteiger partial charge is 0.364 e. The van der Waals surface area contributed by atoms with E-state index in [1.807, 2.05) is 31.2 Å². The summed E-state index contributed by atoms with van der Waals surface area (Å²) in [6, 6.07) is 11.1. The maximum absolute atomic E-state index is 9.94. The Labute approximate surface area is 127 Å². The third-order valence-corrected chi connectivity index (χ3v) is 2.90. The van der Waals surface area contributed by atoms with E-state index in [-0.39, 0.29) is 22.9 Å². The maximum Gasteiger partial charge on any atom is 0.235 e. The molecule has 1 atom stereocenters. The second kappa shape index (κ2) is 6.64. The summed E-state index contributed by atoms with van der Waals surface area (Å²) in [6.45, 7) is 1.93. The summed E-state index contributed by atoms with van der Waals surface area (Å²) in [5.74, 6) is -0.0122. The van der Waals surface area contributed by atoms with Crippen molar-refractivity contribution in [1.82, 2.24) is 9.97 Å². The van der Waals surface area contributed by atoms with Gasteiger partial charge in [0.1, 0.15) is 18.0 Å². The Morgan fingerprint density at radius 2 is 2.05 bits per heavy atom. The van der Waals surface area contributed by atoms with E-state index in [9.17, 15) is 10.4 Å². The number of anilines is 2. The Balaban J connectivity index is 2.57. The molecule has 0 saturated heterocycles. The molecule has 1 unspecified atom stereocenters. The zero-order valence-corrected chi connectivity index (χ0v) is 12.0. The van der Waals surface area contributed by atoms with Crippen molar-refractivity contribution < 1.29 is 9.84 Å². The second-order valence-electron chi connectivity index (χ2n) is 4.46. The van der Waals surface area contributed by atoms with Crippen LogP contribution in [0, 0.1) is 29.6 Å². The number of hydrogen-bond acceptors (Lipinski definition) is 7. The van der Waals surface area contributed by atoms with E-state index in [1.54, 1.807) is 12.1 Å². The number of nitriles is 2. The number of aromatic nitrogens is 2. The minimum atomic E-state index is -1.38. The van der Waals surface area contributed by atoms with Crippen LogP contribution in [0.1, 0.15) is 28.9 Å². The Hall–Kier alpha value is -3.00. The van der Waals surface area contributed by atoms with Gasteiger partial charge in [0, 0.05) is 12.8 Å². The molecule has 0 saturated carbocycles. The minimum absolute atomic E-state index is 0.0884. The maximum atomic E-state index is 9.94. The lowest BCUT2D eigenvalue weighted by Gasteiger charge is -2.16. The molecule has 2 aromatic rings. The van der Waals surface area contributed by atoms with Crippen molar-refractivity contribution in [1.29, 1.82) is 10.5 Å². The van der Waals surface area contributed by atoms with E-state index in [0.717, 1.165) is 5.56 Å². The highest BCUT2D eigenvalue weighted by atomic mass is 16.6. The molecule has 7 heteroatoms. The number of benzene rings is 1. The monoisotopic (exact) mass is 295 g/mol. The molecule has 2 rings (SSSR count). The fourth-order valence-corrected chi connectivity index (χ4v) is 1.91. The van der Waals surface area contributed by atoms with Gasteiger partial charge < -0.3 is 15.2 Å². The van der Waals surface area contributed by atoms with Crippen LogP contribution in [0.4, 0.5) is 11.5 Å². The Kier molecular flexibility index (Phi) is 4.64. The fourth-order valence-electron chi connectivity index (χ4n) is 1.91. The molecule has 22 heavy (non-hydrogen) atoms. The number of hydrogen-bond donors (Lipinski definition) is 2. The number of aliphatic hydroxyl groups excluding tert-OH is 1. The Bertz CT molecular complexity index is 776. The number of methoxy groups -OCH3 is 1. The number of aliphatic hydroxyl groups is 1. The molecular formula is C15H13N5O2. The molecule has 0 spiro atoms. The van der Waals surface area contributed by atoms with Gasteiger partial charge in [-0.05, 0) is 24.6 Å². The third kappa shape index (κ3) is 3.18. The molecule has 110 valence electrons. The van der Waals surface area contributed by atoms with E-state index in [0.29, 0.717) is 5.69 Å². The van der Waals surface area contributed by atoms with Crippen LogP contribution < -0.4 is 5.32 Å². The van der Waals surface area contributed by atoms with Crippen LogP contribution in [-0.2, 0) is 4.74 Å². The summed E-state index contributed by atoms with van der Waals surface area (Å²) in [4.78, 5) is 7.80. The van der Waals surface area contributed by atoms with Gasteiger partial charge in [-0.3, -0.25) is 0 Å². The van der Waals surface area contributed by atoms with Crippen LogP contribution in [0.25, 0.3) is 0 Å². The van der Waals surface area contributed by atoms with Crippen LogP contribution in [0.15, 0.2) is 24.3 Å². The van der Waals surface area contributed by atoms with Gasteiger partial charge in [-0.15, -0.1) is 0 Å². The number of nitrogens with one attached hydrogen (secondary N) is 1. The quantitative estimate of drug-likeness (QED) is 0.828. The SMILES string of the molecule is COC(O)c1c(C#N)nc(C#N)nc1Nc1cccc(C)c1. The normalized spacial score (nSPS) is 11.3. The lowest BCUT2D eigenvalue weighted by atomic mass is 10.1. The average molecular weight is 295 g/mol. The first-order valence-electron chi connectivity index (χ1n) is 6.35. The minimum Gasteiger partial charge on any atom is -0.364 e. The standard InChI is InChI=1S/C15H13N5O2/c1-9-4-3-5-10(6-9)18-14-13(15(21)22-2)11(7-16)19-12(8-17)20-14/h3-6,15,21H,1-2H3,(H,18,19,20). The molecule has 7 nitrogen and oxygen atoms in total. The van der Waals surface area contributed by atoms with Crippen molar-refractivity contribution in [2.45, 2.75) is 13.2 Å². The highest BCUT2D eigenvalue weighted by Crippen LogP contribution is 2.27. The topological polar surface area (TPSA) is 115 Å². The summed E-state index contributed by atoms with van der Waals surface area (Å²) < 4.78 is 4.86. The zero-order chi connectivity index (χ0) is 16.1. The van der Waals surface area contributed by atoms with Crippen molar-refractivity contribution in [2.24, 2.45) is 0 Å². The van der Waals surface area contributed by atoms with Gasteiger partial charge in [0.15, 0.2) is 12.0 Å². The summed E-state index contributed by atoms with van der Waals surface area (Å²) in [5, 5.41) is 31.1. The average Bonchev–Trinajstić information content (AvgIpc) is 2.53. The molecule has 1 heterocycles. The molecule has 0 fully saturated rings. The number of ether oxygens (including phenoxy) is 1. The lowest BCUT2D eigenvalue weighted by molar-refractivity contribution is -0.0769. The smallest absolute Gasteiger partial charge is 0.235 e. The number of nitrogens with zero attached hydrogens (tertiary/aromatic N) is 4. The zero-order valence-electron chi connectivity index (χ0n) is 12.0. The van der Waals surface area contributed by atoms with Gasteiger partial charge in [0.05, 0.1) is 5.56 Å². The third-order valence-electron chi connectivity index (χ3n) is 2.90. The highest BCUT2D eigenvalue weighted by Gasteiger charge is 2.21. The van der Waals surface area contributed by atoms with E-state index in [2.05, 4.69) is 15.3 Å². The van der Waals surface area contributed by atoms with Crippen LogP contribution in [0.2, 0.25) is 0 Å². The van der Waals surface area contributed by atoms with E-state index in [1.165, 1.54) is 7.11 Å². The van der Waals surface area contributed by atoms with Crippen LogP contribution >= 0.6 is 0 Å². The summed E-state index contributed by atoms with van der Waals surface area (Å²) in [7, 11) is 1.29. The molecule has 0 aliphatic rings. The molecule has 0 radical (unpaired) electrons. The molecule has 1 aromatic carbocycles. The van der Waals surface area contributed by atoms with E-state index >= 15 is 0 Å². The molecule has 0 aliphatic heterocycles. The second-order valence-corrected chi connectivity index (χ2v) is 4.46. The number of rotatable bonds is 4. The van der Waals surface area contributed by atoms with Crippen molar-refractivity contribution in [3.63, 3.8) is 0 Å². The van der Waals surface area contributed by atoms with Gasteiger partial charge >= 0.3 is 0 Å². The van der Waals surface area contributed by atoms with E-state index < -0.39 is 6.29 Å². The van der Waals surface area contributed by atoms with Crippen LogP contribution in [0.3, 0.4) is 0 Å². The fraction of sp³-hybridized carbons (Fsp3) is 0.200. The predicted molar refractivity (Wildman–Crippen MR) is 77.9 cm³/mol. The van der Waals surface area contributed by atoms with Crippen molar-refractivity contribution in [2.75, 3.05) is 12.4 Å². The first-order chi connectivity index (χ1) is 10.6. The van der Waals surface area contributed by atoms with E-state index in [4.69, 9.17) is 10.00 Å². The predicted octanol–water partition coefficient (Wildman–Crippen LogP) is 1.91. The molecule has 2 N–H and O–H groups in total. The first kappa shape index (κ1) is 15.4. The number of aryl methyl sites for hydroxylation is 1. The highest BCUT2D eigenvalue weighted by molar-refractivity contribution is 5.63. The summed E-state index contributed by atoms with van der Waals surface area (Å²) in [5.41, 5.74) is 1.70. The van der Waals surface area contributed by atoms with Gasteiger partial charge in [-0.1, -0.05) is 12.1 Å². The molecule has 0 amide bonds. The Morgan fingerprint density at radius 1 is 1.27 bits per heavy atom. The van der Waals surface area contributed by atoms with Crippen molar-refractivity contribution in [3.8, 4) is 12.1 Å². The molecule has 0 bridgehead atoms. The van der Waals surface area contributed by atoms with Gasteiger partial charge in [0.2, 0.25) is 5.82 Å². The summed E-state index contributed by atoms with van der Waals surface area (Å²) in [6.07, 6.45) is -1.38. The lowest BCUT2D eigenvalue weighted by Crippen LogP contribution is -2.12. The molecule has 0 aliphatic carbocycles. The van der Waals surface area contributed by atoms with Gasteiger partial charge in [-0.25, -0.2) is 9.97 Å². The first-order valence-corrected chi connectivity index (χ1v) is 6.35. The van der Waals surface area contributed by atoms with Crippen molar-refractivity contribution in [3.05, 3.63) is 46.9 Å². The molecule has 1 aromatic heterocycles. The van der Waals surface area contributed by atoms with Crippen LogP contribution in [-0.4, -0.2) is 22.2 Å². The Morgan fingerprint density at radius 3 is 2.64 bits per heavy atom. The van der Waals surface area contributed by atoms with Gasteiger partial charge in [-0.2, -0.15) is 10.5 Å². The van der Waals surface area contributed by atoms with Crippen molar-refractivity contribution >= 4 is 11.5 Å². The van der Waals surface area contributed by atoms with Gasteiger partial charge in [0.25, 0.3) is 0 Å². The molecular weight excluding hydrogens is 282 g/mol.